The average Bonchev–Trinajstić information content (AvgIpc) is 2.70. The van der Waals surface area contributed by atoms with Gasteiger partial charge in [0, 0.05) is 11.1 Å². The van der Waals surface area contributed by atoms with Crippen molar-refractivity contribution in [1.82, 2.24) is 10.3 Å². The lowest BCUT2D eigenvalue weighted by atomic mass is 9.90. The SMILES string of the molecule is CCCNC1(c2nc(C)cs2)CCCC(C)CC1. The van der Waals surface area contributed by atoms with Gasteiger partial charge in [-0.3, -0.25) is 0 Å². The first-order valence-corrected chi connectivity index (χ1v) is 8.22. The van der Waals surface area contributed by atoms with Crippen LogP contribution in [0, 0.1) is 12.8 Å². The highest BCUT2D eigenvalue weighted by Gasteiger charge is 2.35. The summed E-state index contributed by atoms with van der Waals surface area (Å²) in [7, 11) is 0. The van der Waals surface area contributed by atoms with Crippen LogP contribution in [0.2, 0.25) is 0 Å². The fraction of sp³-hybridized carbons (Fsp3) is 0.800. The molecule has 2 unspecified atom stereocenters. The Kier molecular flexibility index (Phi) is 4.79. The lowest BCUT2D eigenvalue weighted by molar-refractivity contribution is 0.286. The Hall–Kier alpha value is -0.410. The van der Waals surface area contributed by atoms with E-state index in [0.717, 1.165) is 12.5 Å². The van der Waals surface area contributed by atoms with E-state index in [-0.39, 0.29) is 5.54 Å². The third-order valence-corrected chi connectivity index (χ3v) is 5.27. The second-order valence-electron chi connectivity index (χ2n) is 5.84. The van der Waals surface area contributed by atoms with Crippen LogP contribution in [0.1, 0.15) is 63.1 Å². The molecule has 1 aromatic heterocycles. The molecule has 1 fully saturated rings. The minimum absolute atomic E-state index is 0.166. The van der Waals surface area contributed by atoms with Gasteiger partial charge in [0.2, 0.25) is 0 Å². The average molecular weight is 266 g/mol. The summed E-state index contributed by atoms with van der Waals surface area (Å²) in [5, 5.41) is 7.34. The summed E-state index contributed by atoms with van der Waals surface area (Å²) in [6.07, 6.45) is 7.73. The molecule has 0 amide bonds. The Bertz CT molecular complexity index is 370. The minimum Gasteiger partial charge on any atom is -0.305 e. The molecule has 1 aliphatic rings. The predicted octanol–water partition coefficient (Wildman–Crippen LogP) is 4.25. The predicted molar refractivity (Wildman–Crippen MR) is 79.1 cm³/mol. The summed E-state index contributed by atoms with van der Waals surface area (Å²) in [6, 6.07) is 0. The number of aryl methyl sites for hydroxylation is 1. The summed E-state index contributed by atoms with van der Waals surface area (Å²) >= 11 is 1.84. The van der Waals surface area contributed by atoms with Gasteiger partial charge in [-0.25, -0.2) is 4.98 Å². The smallest absolute Gasteiger partial charge is 0.113 e. The van der Waals surface area contributed by atoms with Crippen molar-refractivity contribution in [1.29, 1.82) is 0 Å². The van der Waals surface area contributed by atoms with E-state index >= 15 is 0 Å². The quantitative estimate of drug-likeness (QED) is 0.824. The van der Waals surface area contributed by atoms with Crippen LogP contribution in [0.5, 0.6) is 0 Å². The first-order chi connectivity index (χ1) is 8.66. The molecular formula is C15H26N2S. The van der Waals surface area contributed by atoms with Crippen molar-refractivity contribution in [3.05, 3.63) is 16.1 Å². The molecule has 2 rings (SSSR count). The lowest BCUT2D eigenvalue weighted by Crippen LogP contribution is -2.42. The van der Waals surface area contributed by atoms with Gasteiger partial charge in [-0.15, -0.1) is 11.3 Å². The maximum Gasteiger partial charge on any atom is 0.113 e. The zero-order chi connectivity index (χ0) is 13.0. The first-order valence-electron chi connectivity index (χ1n) is 7.34. The van der Waals surface area contributed by atoms with E-state index in [2.05, 4.69) is 31.5 Å². The zero-order valence-electron chi connectivity index (χ0n) is 12.0. The van der Waals surface area contributed by atoms with Gasteiger partial charge in [0.1, 0.15) is 5.01 Å². The van der Waals surface area contributed by atoms with Crippen molar-refractivity contribution in [3.63, 3.8) is 0 Å². The number of nitrogens with zero attached hydrogens (tertiary/aromatic N) is 1. The highest BCUT2D eigenvalue weighted by atomic mass is 32.1. The van der Waals surface area contributed by atoms with Crippen molar-refractivity contribution in [2.75, 3.05) is 6.54 Å². The molecular weight excluding hydrogens is 240 g/mol. The molecule has 0 bridgehead atoms. The molecule has 0 spiro atoms. The monoisotopic (exact) mass is 266 g/mol. The highest BCUT2D eigenvalue weighted by molar-refractivity contribution is 7.09. The van der Waals surface area contributed by atoms with Gasteiger partial charge in [-0.1, -0.05) is 26.7 Å². The summed E-state index contributed by atoms with van der Waals surface area (Å²) in [4.78, 5) is 4.78. The van der Waals surface area contributed by atoms with Crippen LogP contribution >= 0.6 is 11.3 Å². The van der Waals surface area contributed by atoms with E-state index in [1.807, 2.05) is 11.3 Å². The van der Waals surface area contributed by atoms with Crippen molar-refractivity contribution in [3.8, 4) is 0 Å². The van der Waals surface area contributed by atoms with E-state index in [4.69, 9.17) is 4.98 Å². The Balaban J connectivity index is 2.21. The first kappa shape index (κ1) is 14.0. The molecule has 18 heavy (non-hydrogen) atoms. The van der Waals surface area contributed by atoms with Crippen molar-refractivity contribution < 1.29 is 0 Å². The van der Waals surface area contributed by atoms with Crippen LogP contribution in [0.25, 0.3) is 0 Å². The van der Waals surface area contributed by atoms with Gasteiger partial charge in [0.25, 0.3) is 0 Å². The van der Waals surface area contributed by atoms with Crippen LogP contribution in [-0.2, 0) is 5.54 Å². The van der Waals surface area contributed by atoms with Crippen molar-refractivity contribution in [2.45, 2.75) is 64.8 Å². The van der Waals surface area contributed by atoms with E-state index in [1.54, 1.807) is 0 Å². The molecule has 1 aliphatic carbocycles. The van der Waals surface area contributed by atoms with Gasteiger partial charge < -0.3 is 5.32 Å². The summed E-state index contributed by atoms with van der Waals surface area (Å²) in [5.41, 5.74) is 1.34. The molecule has 3 heteroatoms. The number of aromatic nitrogens is 1. The van der Waals surface area contributed by atoms with E-state index < -0.39 is 0 Å². The molecule has 0 aromatic carbocycles. The largest absolute Gasteiger partial charge is 0.305 e. The van der Waals surface area contributed by atoms with E-state index in [0.29, 0.717) is 0 Å². The Morgan fingerprint density at radius 3 is 2.94 bits per heavy atom. The molecule has 102 valence electrons. The van der Waals surface area contributed by atoms with Crippen LogP contribution in [0.15, 0.2) is 5.38 Å². The van der Waals surface area contributed by atoms with Crippen LogP contribution in [-0.4, -0.2) is 11.5 Å². The van der Waals surface area contributed by atoms with E-state index in [9.17, 15) is 0 Å². The maximum atomic E-state index is 4.78. The molecule has 1 N–H and O–H groups in total. The van der Waals surface area contributed by atoms with Gasteiger partial charge in [-0.05, 0) is 45.1 Å². The standard InChI is InChI=1S/C15H26N2S/c1-4-10-16-15(14-17-13(3)11-18-14)8-5-6-12(2)7-9-15/h11-12,16H,4-10H2,1-3H3. The number of nitrogens with one attached hydrogen (secondary N) is 1. The molecule has 0 saturated heterocycles. The Labute approximate surface area is 115 Å². The molecule has 1 heterocycles. The maximum absolute atomic E-state index is 4.78. The van der Waals surface area contributed by atoms with Crippen LogP contribution in [0.3, 0.4) is 0 Å². The zero-order valence-corrected chi connectivity index (χ0v) is 12.8. The second-order valence-corrected chi connectivity index (χ2v) is 6.70. The summed E-state index contributed by atoms with van der Waals surface area (Å²) in [6.45, 7) is 7.84. The summed E-state index contributed by atoms with van der Waals surface area (Å²) < 4.78 is 0. The Morgan fingerprint density at radius 1 is 1.44 bits per heavy atom. The molecule has 2 nitrogen and oxygen atoms in total. The topological polar surface area (TPSA) is 24.9 Å². The lowest BCUT2D eigenvalue weighted by Gasteiger charge is -2.32. The van der Waals surface area contributed by atoms with Gasteiger partial charge in [0.15, 0.2) is 0 Å². The van der Waals surface area contributed by atoms with Gasteiger partial charge >= 0.3 is 0 Å². The summed E-state index contributed by atoms with van der Waals surface area (Å²) in [5.74, 6) is 0.872. The molecule has 2 atom stereocenters. The molecule has 1 aromatic rings. The fourth-order valence-corrected chi connectivity index (χ4v) is 3.95. The Morgan fingerprint density at radius 2 is 2.28 bits per heavy atom. The van der Waals surface area contributed by atoms with Crippen molar-refractivity contribution in [2.24, 2.45) is 5.92 Å². The third kappa shape index (κ3) is 3.12. The second kappa shape index (κ2) is 6.16. The van der Waals surface area contributed by atoms with E-state index in [1.165, 1.54) is 49.2 Å². The number of thiazole rings is 1. The van der Waals surface area contributed by atoms with Crippen molar-refractivity contribution >= 4 is 11.3 Å². The number of hydrogen-bond donors (Lipinski definition) is 1. The van der Waals surface area contributed by atoms with Gasteiger partial charge in [-0.2, -0.15) is 0 Å². The van der Waals surface area contributed by atoms with Gasteiger partial charge in [0.05, 0.1) is 5.54 Å². The normalized spacial score (nSPS) is 29.2. The molecule has 0 aliphatic heterocycles. The number of hydrogen-bond acceptors (Lipinski definition) is 3. The molecule has 1 saturated carbocycles. The number of rotatable bonds is 4. The minimum atomic E-state index is 0.166. The van der Waals surface area contributed by atoms with Crippen LogP contribution in [0.4, 0.5) is 0 Å². The fourth-order valence-electron chi connectivity index (χ4n) is 2.92. The molecule has 0 radical (unpaired) electrons. The highest BCUT2D eigenvalue weighted by Crippen LogP contribution is 2.39. The third-order valence-electron chi connectivity index (χ3n) is 4.11. The van der Waals surface area contributed by atoms with Crippen LogP contribution < -0.4 is 5.32 Å².